The first-order chi connectivity index (χ1) is 8.16. The molecule has 1 aliphatic heterocycles. The third-order valence-electron chi connectivity index (χ3n) is 4.45. The standard InChI is InChI=1S/C14H19NO2.BrH/c1-15-6-2-3-10-7-11-9(8-12(10)15)4-5-13(16)14(11)17;/h4-5,10,12,16-17H,2-3,6-8H2,1H3;1H. The van der Waals surface area contributed by atoms with Crippen molar-refractivity contribution in [1.29, 1.82) is 0 Å². The number of aromatic hydroxyl groups is 2. The zero-order valence-corrected chi connectivity index (χ0v) is 12.3. The van der Waals surface area contributed by atoms with Crippen molar-refractivity contribution >= 4 is 17.0 Å². The summed E-state index contributed by atoms with van der Waals surface area (Å²) in [6, 6.07) is 4.18. The van der Waals surface area contributed by atoms with Gasteiger partial charge in [0.2, 0.25) is 0 Å². The van der Waals surface area contributed by atoms with Crippen LogP contribution >= 0.6 is 17.0 Å². The van der Waals surface area contributed by atoms with E-state index in [9.17, 15) is 10.2 Å². The largest absolute Gasteiger partial charge is 0.504 e. The Hall–Kier alpha value is -0.740. The van der Waals surface area contributed by atoms with Crippen LogP contribution in [0, 0.1) is 5.92 Å². The number of likely N-dealkylation sites (tertiary alicyclic amines) is 1. The smallest absolute Gasteiger partial charge is 0.160 e. The molecule has 2 unspecified atom stereocenters. The van der Waals surface area contributed by atoms with Crippen LogP contribution in [0.25, 0.3) is 0 Å². The summed E-state index contributed by atoms with van der Waals surface area (Å²) in [6.07, 6.45) is 4.39. The maximum Gasteiger partial charge on any atom is 0.160 e. The Morgan fingerprint density at radius 1 is 1.22 bits per heavy atom. The van der Waals surface area contributed by atoms with Crippen molar-refractivity contribution in [3.63, 3.8) is 0 Å². The molecule has 0 bridgehead atoms. The highest BCUT2D eigenvalue weighted by atomic mass is 79.9. The predicted molar refractivity (Wildman–Crippen MR) is 76.6 cm³/mol. The van der Waals surface area contributed by atoms with Gasteiger partial charge in [-0.2, -0.15) is 0 Å². The van der Waals surface area contributed by atoms with E-state index < -0.39 is 0 Å². The van der Waals surface area contributed by atoms with Gasteiger partial charge >= 0.3 is 0 Å². The molecular weight excluding hydrogens is 294 g/mol. The van der Waals surface area contributed by atoms with Gasteiger partial charge in [0.25, 0.3) is 0 Å². The van der Waals surface area contributed by atoms with Gasteiger partial charge in [-0.25, -0.2) is 0 Å². The molecule has 0 spiro atoms. The van der Waals surface area contributed by atoms with E-state index in [4.69, 9.17) is 0 Å². The van der Waals surface area contributed by atoms with Gasteiger partial charge < -0.3 is 15.1 Å². The molecule has 3 rings (SSSR count). The number of phenolic OH excluding ortho intramolecular Hbond substituents is 2. The van der Waals surface area contributed by atoms with Crippen LogP contribution in [0.2, 0.25) is 0 Å². The van der Waals surface area contributed by atoms with Crippen LogP contribution in [0.1, 0.15) is 24.0 Å². The second kappa shape index (κ2) is 5.10. The Morgan fingerprint density at radius 2 is 2.00 bits per heavy atom. The van der Waals surface area contributed by atoms with E-state index >= 15 is 0 Å². The number of halogens is 1. The third kappa shape index (κ3) is 2.12. The molecule has 18 heavy (non-hydrogen) atoms. The Kier molecular flexibility index (Phi) is 3.87. The second-order valence-electron chi connectivity index (χ2n) is 5.43. The Bertz CT molecular complexity index is 450. The second-order valence-corrected chi connectivity index (χ2v) is 5.43. The number of likely N-dealkylation sites (N-methyl/N-ethyl adjacent to an activating group) is 1. The van der Waals surface area contributed by atoms with E-state index in [1.54, 1.807) is 6.07 Å². The monoisotopic (exact) mass is 313 g/mol. The Labute approximate surface area is 118 Å². The molecule has 1 fully saturated rings. The molecule has 100 valence electrons. The number of piperidine rings is 1. The number of hydrogen-bond acceptors (Lipinski definition) is 3. The number of nitrogens with zero attached hydrogens (tertiary/aromatic N) is 1. The zero-order chi connectivity index (χ0) is 12.0. The van der Waals surface area contributed by atoms with Crippen LogP contribution in [0.4, 0.5) is 0 Å². The van der Waals surface area contributed by atoms with Gasteiger partial charge in [-0.1, -0.05) is 6.07 Å². The highest BCUT2D eigenvalue weighted by Gasteiger charge is 2.35. The van der Waals surface area contributed by atoms with Crippen molar-refractivity contribution in [2.45, 2.75) is 31.7 Å². The molecule has 0 radical (unpaired) electrons. The van der Waals surface area contributed by atoms with Crippen molar-refractivity contribution < 1.29 is 10.2 Å². The quantitative estimate of drug-likeness (QED) is 0.723. The van der Waals surface area contributed by atoms with E-state index in [1.807, 2.05) is 6.07 Å². The number of hydrogen-bond donors (Lipinski definition) is 2. The fraction of sp³-hybridized carbons (Fsp3) is 0.571. The van der Waals surface area contributed by atoms with Crippen molar-refractivity contribution in [3.05, 3.63) is 23.3 Å². The summed E-state index contributed by atoms with van der Waals surface area (Å²) in [5, 5.41) is 19.5. The molecule has 0 saturated carbocycles. The Balaban J connectivity index is 0.00000120. The van der Waals surface area contributed by atoms with Crippen LogP contribution in [-0.4, -0.2) is 34.7 Å². The minimum Gasteiger partial charge on any atom is -0.504 e. The first kappa shape index (κ1) is 13.7. The topological polar surface area (TPSA) is 43.7 Å². The minimum absolute atomic E-state index is 0. The average Bonchev–Trinajstić information content (AvgIpc) is 2.33. The number of phenols is 2. The van der Waals surface area contributed by atoms with Crippen LogP contribution in [0.5, 0.6) is 11.5 Å². The van der Waals surface area contributed by atoms with Gasteiger partial charge in [-0.05, 0) is 56.8 Å². The highest BCUT2D eigenvalue weighted by molar-refractivity contribution is 8.93. The van der Waals surface area contributed by atoms with Crippen LogP contribution in [0.3, 0.4) is 0 Å². The number of benzene rings is 1. The molecule has 1 aliphatic carbocycles. The van der Waals surface area contributed by atoms with Crippen molar-refractivity contribution in [3.8, 4) is 11.5 Å². The molecule has 0 aromatic heterocycles. The summed E-state index contributed by atoms with van der Waals surface area (Å²) in [5.74, 6) is 0.759. The van der Waals surface area contributed by atoms with E-state index in [-0.39, 0.29) is 28.5 Å². The lowest BCUT2D eigenvalue weighted by atomic mass is 9.75. The highest BCUT2D eigenvalue weighted by Crippen LogP contribution is 2.41. The van der Waals surface area contributed by atoms with Crippen LogP contribution in [-0.2, 0) is 12.8 Å². The lowest BCUT2D eigenvalue weighted by molar-refractivity contribution is 0.111. The SMILES string of the molecule is Br.CN1CCCC2Cc3c(ccc(O)c3O)CC21. The lowest BCUT2D eigenvalue weighted by Crippen LogP contribution is -2.47. The van der Waals surface area contributed by atoms with Gasteiger partial charge in [0.1, 0.15) is 0 Å². The number of rotatable bonds is 0. The maximum absolute atomic E-state index is 9.94. The van der Waals surface area contributed by atoms with Gasteiger partial charge in [0, 0.05) is 11.6 Å². The zero-order valence-electron chi connectivity index (χ0n) is 10.6. The molecule has 1 saturated heterocycles. The molecule has 2 N–H and O–H groups in total. The minimum atomic E-state index is 0. The first-order valence-corrected chi connectivity index (χ1v) is 6.39. The maximum atomic E-state index is 9.94. The first-order valence-electron chi connectivity index (χ1n) is 6.39. The molecule has 3 nitrogen and oxygen atoms in total. The molecule has 0 amide bonds. The summed E-state index contributed by atoms with van der Waals surface area (Å²) in [7, 11) is 2.20. The summed E-state index contributed by atoms with van der Waals surface area (Å²) < 4.78 is 0. The molecule has 2 atom stereocenters. The van der Waals surface area contributed by atoms with Crippen molar-refractivity contribution in [1.82, 2.24) is 4.90 Å². The predicted octanol–water partition coefficient (Wildman–Crippen LogP) is 2.48. The van der Waals surface area contributed by atoms with E-state index in [0.717, 1.165) is 18.4 Å². The van der Waals surface area contributed by atoms with Crippen molar-refractivity contribution in [2.24, 2.45) is 5.92 Å². The fourth-order valence-corrected chi connectivity index (χ4v) is 3.45. The van der Waals surface area contributed by atoms with E-state index in [2.05, 4.69) is 11.9 Å². The normalized spacial score (nSPS) is 26.9. The van der Waals surface area contributed by atoms with Crippen molar-refractivity contribution in [2.75, 3.05) is 13.6 Å². The van der Waals surface area contributed by atoms with Gasteiger partial charge in [0.05, 0.1) is 0 Å². The molecule has 1 aromatic carbocycles. The molecule has 1 aromatic rings. The lowest BCUT2D eigenvalue weighted by Gasteiger charge is -2.43. The van der Waals surface area contributed by atoms with Gasteiger partial charge in [0.15, 0.2) is 11.5 Å². The van der Waals surface area contributed by atoms with Gasteiger partial charge in [-0.15, -0.1) is 17.0 Å². The fourth-order valence-electron chi connectivity index (χ4n) is 3.45. The van der Waals surface area contributed by atoms with Gasteiger partial charge in [-0.3, -0.25) is 0 Å². The Morgan fingerprint density at radius 3 is 2.78 bits per heavy atom. The molecule has 4 heteroatoms. The van der Waals surface area contributed by atoms with Crippen LogP contribution < -0.4 is 0 Å². The average molecular weight is 314 g/mol. The van der Waals surface area contributed by atoms with Crippen LogP contribution in [0.15, 0.2) is 12.1 Å². The summed E-state index contributed by atoms with van der Waals surface area (Å²) in [4.78, 5) is 2.45. The number of fused-ring (bicyclic) bond motifs is 2. The third-order valence-corrected chi connectivity index (χ3v) is 4.45. The molecular formula is C14H20BrNO2. The summed E-state index contributed by atoms with van der Waals surface area (Å²) in [6.45, 7) is 1.18. The summed E-state index contributed by atoms with van der Waals surface area (Å²) in [5.41, 5.74) is 2.18. The summed E-state index contributed by atoms with van der Waals surface area (Å²) >= 11 is 0. The molecule has 1 heterocycles. The van der Waals surface area contributed by atoms with E-state index in [1.165, 1.54) is 24.9 Å². The molecule has 2 aliphatic rings. The van der Waals surface area contributed by atoms with E-state index in [0.29, 0.717) is 12.0 Å².